The molecule has 0 spiro atoms. The zero-order valence-electron chi connectivity index (χ0n) is 7.65. The van der Waals surface area contributed by atoms with Crippen LogP contribution in [0.4, 0.5) is 8.78 Å². The van der Waals surface area contributed by atoms with E-state index in [9.17, 15) is 13.6 Å². The maximum Gasteiger partial charge on any atom is 0.387 e. The minimum absolute atomic E-state index is 0.118. The summed E-state index contributed by atoms with van der Waals surface area (Å²) in [5.41, 5.74) is -0.455. The van der Waals surface area contributed by atoms with Crippen molar-refractivity contribution in [3.05, 3.63) is 23.3 Å². The van der Waals surface area contributed by atoms with Gasteiger partial charge in [0.1, 0.15) is 11.8 Å². The molecule has 7 heteroatoms. The zero-order valence-corrected chi connectivity index (χ0v) is 8.54. The van der Waals surface area contributed by atoms with E-state index in [4.69, 9.17) is 10.4 Å². The fourth-order valence-electron chi connectivity index (χ4n) is 1.00. The Labute approximate surface area is 94.5 Å². The lowest BCUT2D eigenvalue weighted by atomic mass is 10.1. The number of nitrogens with zero attached hydrogens (tertiary/aromatic N) is 1. The highest BCUT2D eigenvalue weighted by Crippen LogP contribution is 2.29. The summed E-state index contributed by atoms with van der Waals surface area (Å²) in [6, 6.07) is 3.56. The van der Waals surface area contributed by atoms with Crippen molar-refractivity contribution in [1.82, 2.24) is 0 Å². The molecule has 16 heavy (non-hydrogen) atoms. The van der Waals surface area contributed by atoms with Crippen molar-refractivity contribution in [2.45, 2.75) is 11.5 Å². The molecular weight excluding hydrogens is 240 g/mol. The number of hydrogen-bond acceptors (Lipinski definition) is 4. The van der Waals surface area contributed by atoms with Gasteiger partial charge in [0.2, 0.25) is 0 Å². The number of ether oxygens (including phenoxy) is 1. The summed E-state index contributed by atoms with van der Waals surface area (Å²) in [6.07, 6.45) is 0. The van der Waals surface area contributed by atoms with Gasteiger partial charge in [0.15, 0.2) is 0 Å². The first kappa shape index (κ1) is 12.3. The molecule has 0 saturated carbocycles. The quantitative estimate of drug-likeness (QED) is 0.800. The number of carbonyl (C=O) groups is 1. The van der Waals surface area contributed by atoms with Crippen LogP contribution in [0.5, 0.6) is 5.75 Å². The Balaban J connectivity index is 3.31. The monoisotopic (exact) mass is 245 g/mol. The summed E-state index contributed by atoms with van der Waals surface area (Å²) in [6.45, 7) is -3.11. The van der Waals surface area contributed by atoms with E-state index in [2.05, 4.69) is 17.4 Å². The number of thiol groups is 1. The van der Waals surface area contributed by atoms with Gasteiger partial charge in [-0.3, -0.25) is 0 Å². The van der Waals surface area contributed by atoms with E-state index in [1.54, 1.807) is 6.07 Å². The Hall–Kier alpha value is -1.81. The van der Waals surface area contributed by atoms with Crippen LogP contribution in [0, 0.1) is 11.3 Å². The summed E-state index contributed by atoms with van der Waals surface area (Å²) < 4.78 is 28.0. The van der Waals surface area contributed by atoms with Crippen LogP contribution in [0.3, 0.4) is 0 Å². The molecule has 0 saturated heterocycles. The second kappa shape index (κ2) is 4.81. The van der Waals surface area contributed by atoms with Crippen molar-refractivity contribution in [3.8, 4) is 11.8 Å². The Bertz CT molecular complexity index is 471. The number of carboxylic acid groups (broad SMARTS) is 1. The predicted molar refractivity (Wildman–Crippen MR) is 52.0 cm³/mol. The lowest BCUT2D eigenvalue weighted by molar-refractivity contribution is -0.0517. The highest BCUT2D eigenvalue weighted by molar-refractivity contribution is 7.80. The topological polar surface area (TPSA) is 70.3 Å². The van der Waals surface area contributed by atoms with E-state index >= 15 is 0 Å². The normalized spacial score (nSPS) is 9.94. The van der Waals surface area contributed by atoms with Gasteiger partial charge in [0.25, 0.3) is 0 Å². The maximum atomic E-state index is 12.0. The van der Waals surface area contributed by atoms with Gasteiger partial charge in [-0.25, -0.2) is 4.79 Å². The van der Waals surface area contributed by atoms with Crippen LogP contribution in [0.25, 0.3) is 0 Å². The predicted octanol–water partition coefficient (Wildman–Crippen LogP) is 2.15. The van der Waals surface area contributed by atoms with Crippen LogP contribution < -0.4 is 4.74 Å². The number of hydrogen-bond donors (Lipinski definition) is 2. The van der Waals surface area contributed by atoms with Gasteiger partial charge in [-0.05, 0) is 12.1 Å². The number of benzene rings is 1. The Morgan fingerprint density at radius 1 is 1.56 bits per heavy atom. The molecule has 0 atom stereocenters. The molecular formula is C9H5F2NO3S. The van der Waals surface area contributed by atoms with E-state index in [0.29, 0.717) is 0 Å². The summed E-state index contributed by atoms with van der Waals surface area (Å²) in [4.78, 5) is 10.5. The number of carboxylic acids is 1. The summed E-state index contributed by atoms with van der Waals surface area (Å²) in [5, 5.41) is 17.3. The fourth-order valence-corrected chi connectivity index (χ4v) is 1.23. The first-order valence-corrected chi connectivity index (χ1v) is 4.35. The summed E-state index contributed by atoms with van der Waals surface area (Å²) in [7, 11) is 0. The highest BCUT2D eigenvalue weighted by Gasteiger charge is 2.15. The molecule has 0 unspecified atom stereocenters. The third kappa shape index (κ3) is 2.61. The van der Waals surface area contributed by atoms with E-state index < -0.39 is 18.3 Å². The largest absolute Gasteiger partial charge is 0.478 e. The molecule has 1 N–H and O–H groups in total. The molecule has 1 aromatic rings. The van der Waals surface area contributed by atoms with Crippen LogP contribution in [0.2, 0.25) is 0 Å². The average molecular weight is 245 g/mol. The van der Waals surface area contributed by atoms with Crippen molar-refractivity contribution < 1.29 is 23.4 Å². The molecule has 0 radical (unpaired) electrons. The fraction of sp³-hybridized carbons (Fsp3) is 0.111. The standard InChI is InChI=1S/C9H5F2NO3S/c10-9(11)15-6-2-4(8(13)14)1-5(3-12)7(6)16/h1-2,9,16H,(H,13,14). The number of nitriles is 1. The molecule has 0 aliphatic rings. The Kier molecular flexibility index (Phi) is 3.68. The van der Waals surface area contributed by atoms with Crippen molar-refractivity contribution in [2.24, 2.45) is 0 Å². The Morgan fingerprint density at radius 2 is 2.19 bits per heavy atom. The van der Waals surface area contributed by atoms with E-state index in [1.165, 1.54) is 0 Å². The number of halogens is 2. The van der Waals surface area contributed by atoms with Gasteiger partial charge < -0.3 is 9.84 Å². The Morgan fingerprint density at radius 3 is 2.62 bits per heavy atom. The van der Waals surface area contributed by atoms with Gasteiger partial charge in [0, 0.05) is 0 Å². The highest BCUT2D eigenvalue weighted by atomic mass is 32.1. The zero-order chi connectivity index (χ0) is 12.3. The maximum absolute atomic E-state index is 12.0. The van der Waals surface area contributed by atoms with Crippen LogP contribution in [-0.4, -0.2) is 17.7 Å². The molecule has 0 aromatic heterocycles. The third-order valence-electron chi connectivity index (χ3n) is 1.66. The molecule has 0 aliphatic heterocycles. The van der Waals surface area contributed by atoms with E-state index in [-0.39, 0.29) is 16.0 Å². The van der Waals surface area contributed by atoms with Crippen LogP contribution in [-0.2, 0) is 0 Å². The molecule has 1 rings (SSSR count). The first-order chi connectivity index (χ1) is 7.45. The first-order valence-electron chi connectivity index (χ1n) is 3.91. The van der Waals surface area contributed by atoms with Gasteiger partial charge in [-0.1, -0.05) is 0 Å². The van der Waals surface area contributed by atoms with Crippen LogP contribution in [0.15, 0.2) is 17.0 Å². The van der Waals surface area contributed by atoms with Crippen LogP contribution in [0.1, 0.15) is 15.9 Å². The molecule has 0 fully saturated rings. The van der Waals surface area contributed by atoms with Crippen molar-refractivity contribution in [2.75, 3.05) is 0 Å². The number of rotatable bonds is 3. The SMILES string of the molecule is N#Cc1cc(C(=O)O)cc(OC(F)F)c1S. The molecule has 84 valence electrons. The van der Waals surface area contributed by atoms with Gasteiger partial charge in [0.05, 0.1) is 16.0 Å². The molecule has 0 aliphatic carbocycles. The summed E-state index contributed by atoms with van der Waals surface area (Å²) >= 11 is 3.81. The lowest BCUT2D eigenvalue weighted by Crippen LogP contribution is -2.06. The lowest BCUT2D eigenvalue weighted by Gasteiger charge is -2.09. The second-order valence-electron chi connectivity index (χ2n) is 2.67. The number of alkyl halides is 2. The molecule has 4 nitrogen and oxygen atoms in total. The van der Waals surface area contributed by atoms with Crippen molar-refractivity contribution >= 4 is 18.6 Å². The van der Waals surface area contributed by atoms with Gasteiger partial charge in [-0.2, -0.15) is 14.0 Å². The molecule has 0 bridgehead atoms. The van der Waals surface area contributed by atoms with E-state index in [1.807, 2.05) is 0 Å². The van der Waals surface area contributed by atoms with E-state index in [0.717, 1.165) is 12.1 Å². The molecule has 0 heterocycles. The molecule has 0 amide bonds. The molecule has 1 aromatic carbocycles. The third-order valence-corrected chi connectivity index (χ3v) is 2.12. The van der Waals surface area contributed by atoms with Gasteiger partial charge in [-0.15, -0.1) is 12.6 Å². The smallest absolute Gasteiger partial charge is 0.387 e. The summed E-state index contributed by atoms with van der Waals surface area (Å²) in [5.74, 6) is -1.78. The van der Waals surface area contributed by atoms with Crippen molar-refractivity contribution in [1.29, 1.82) is 5.26 Å². The van der Waals surface area contributed by atoms with Gasteiger partial charge >= 0.3 is 12.6 Å². The average Bonchev–Trinajstić information content (AvgIpc) is 2.20. The second-order valence-corrected chi connectivity index (χ2v) is 3.11. The van der Waals surface area contributed by atoms with Crippen molar-refractivity contribution in [3.63, 3.8) is 0 Å². The minimum atomic E-state index is -3.11. The minimum Gasteiger partial charge on any atom is -0.478 e. The van der Waals surface area contributed by atoms with Crippen LogP contribution >= 0.6 is 12.6 Å². The number of aromatic carboxylic acids is 1.